The molecule has 30 heavy (non-hydrogen) atoms. The molecule has 4 rings (SSSR count). The summed E-state index contributed by atoms with van der Waals surface area (Å²) in [5.41, 5.74) is 1.77. The zero-order valence-corrected chi connectivity index (χ0v) is 17.7. The third-order valence-electron chi connectivity index (χ3n) is 5.01. The van der Waals surface area contributed by atoms with Gasteiger partial charge in [0.25, 0.3) is 11.7 Å². The van der Waals surface area contributed by atoms with Gasteiger partial charge in [-0.2, -0.15) is 0 Å². The molecule has 1 N–H and O–H groups in total. The van der Waals surface area contributed by atoms with E-state index in [0.29, 0.717) is 22.6 Å². The van der Waals surface area contributed by atoms with E-state index >= 15 is 0 Å². The average molecular weight is 464 g/mol. The third-order valence-corrected chi connectivity index (χ3v) is 5.50. The molecule has 0 bridgehead atoms. The Morgan fingerprint density at radius 2 is 1.67 bits per heavy atom. The smallest absolute Gasteiger partial charge is 0.300 e. The van der Waals surface area contributed by atoms with Gasteiger partial charge in [0.15, 0.2) is 0 Å². The van der Waals surface area contributed by atoms with E-state index in [1.807, 2.05) is 12.1 Å². The zero-order chi connectivity index (χ0) is 21.3. The number of ketones is 1. The number of carbonyl (C=O) groups is 2. The van der Waals surface area contributed by atoms with Gasteiger partial charge in [0, 0.05) is 15.7 Å². The van der Waals surface area contributed by atoms with Gasteiger partial charge in [-0.3, -0.25) is 14.5 Å². The van der Waals surface area contributed by atoms with Crippen molar-refractivity contribution in [3.05, 3.63) is 100 Å². The van der Waals surface area contributed by atoms with Gasteiger partial charge in [-0.05, 0) is 35.9 Å². The molecule has 0 spiro atoms. The molecule has 150 valence electrons. The number of benzene rings is 3. The van der Waals surface area contributed by atoms with Crippen molar-refractivity contribution in [2.45, 2.75) is 6.04 Å². The SMILES string of the molecule is COc1ccc(C2/C(=C(/O)c3ccccc3)C(=O)C(=O)N2c2cccc(Br)c2)cc1. The largest absolute Gasteiger partial charge is 0.507 e. The molecule has 0 saturated carbocycles. The Morgan fingerprint density at radius 1 is 0.967 bits per heavy atom. The van der Waals surface area contributed by atoms with Crippen LogP contribution in [0.4, 0.5) is 5.69 Å². The number of nitrogens with zero attached hydrogens (tertiary/aromatic N) is 1. The van der Waals surface area contributed by atoms with Crippen molar-refractivity contribution in [2.75, 3.05) is 12.0 Å². The molecule has 0 aliphatic carbocycles. The number of carbonyl (C=O) groups excluding carboxylic acids is 2. The van der Waals surface area contributed by atoms with E-state index in [2.05, 4.69) is 15.9 Å². The van der Waals surface area contributed by atoms with Crippen LogP contribution in [0.2, 0.25) is 0 Å². The van der Waals surface area contributed by atoms with E-state index in [1.54, 1.807) is 73.8 Å². The monoisotopic (exact) mass is 463 g/mol. The lowest BCUT2D eigenvalue weighted by molar-refractivity contribution is -0.132. The lowest BCUT2D eigenvalue weighted by Gasteiger charge is -2.25. The molecule has 0 aromatic heterocycles. The highest BCUT2D eigenvalue weighted by molar-refractivity contribution is 9.10. The van der Waals surface area contributed by atoms with Gasteiger partial charge >= 0.3 is 0 Å². The molecule has 3 aromatic rings. The van der Waals surface area contributed by atoms with Crippen molar-refractivity contribution in [1.29, 1.82) is 0 Å². The summed E-state index contributed by atoms with van der Waals surface area (Å²) in [5.74, 6) is -0.961. The number of hydrogen-bond donors (Lipinski definition) is 1. The number of amides is 1. The molecule has 0 radical (unpaired) electrons. The quantitative estimate of drug-likeness (QED) is 0.332. The molecule has 6 heteroatoms. The maximum atomic E-state index is 13.1. The van der Waals surface area contributed by atoms with Crippen molar-refractivity contribution < 1.29 is 19.4 Å². The summed E-state index contributed by atoms with van der Waals surface area (Å²) in [6.45, 7) is 0. The minimum Gasteiger partial charge on any atom is -0.507 e. The van der Waals surface area contributed by atoms with Crippen molar-refractivity contribution in [3.8, 4) is 5.75 Å². The summed E-state index contributed by atoms with van der Waals surface area (Å²) < 4.78 is 6.01. The van der Waals surface area contributed by atoms with Gasteiger partial charge in [-0.25, -0.2) is 0 Å². The van der Waals surface area contributed by atoms with E-state index < -0.39 is 17.7 Å². The average Bonchev–Trinajstić information content (AvgIpc) is 3.04. The van der Waals surface area contributed by atoms with E-state index in [4.69, 9.17) is 4.74 Å². The van der Waals surface area contributed by atoms with Crippen LogP contribution in [0.1, 0.15) is 17.2 Å². The molecule has 1 heterocycles. The molecule has 1 aliphatic heterocycles. The molecule has 3 aromatic carbocycles. The van der Waals surface area contributed by atoms with Gasteiger partial charge < -0.3 is 9.84 Å². The number of methoxy groups -OCH3 is 1. The van der Waals surface area contributed by atoms with Gasteiger partial charge in [0.2, 0.25) is 0 Å². The normalized spacial score (nSPS) is 17.9. The van der Waals surface area contributed by atoms with E-state index in [0.717, 1.165) is 4.47 Å². The van der Waals surface area contributed by atoms with Gasteiger partial charge in [0.05, 0.1) is 18.7 Å². The minimum absolute atomic E-state index is 0.0522. The molecule has 5 nitrogen and oxygen atoms in total. The van der Waals surface area contributed by atoms with Crippen LogP contribution >= 0.6 is 15.9 Å². The molecule has 1 aliphatic rings. The maximum absolute atomic E-state index is 13.1. The van der Waals surface area contributed by atoms with Gasteiger partial charge in [-0.1, -0.05) is 64.5 Å². The summed E-state index contributed by atoms with van der Waals surface area (Å²) in [6, 6.07) is 22.2. The standard InChI is InChI=1S/C24H18BrNO4/c1-30-19-12-10-15(11-13-19)21-20(22(27)16-6-3-2-4-7-16)23(28)24(29)26(21)18-9-5-8-17(25)14-18/h2-14,21,27H,1H3/b22-20-. The number of aliphatic hydroxyl groups is 1. The number of Topliss-reactive ketones (excluding diaryl/α,β-unsaturated/α-hetero) is 1. The fourth-order valence-electron chi connectivity index (χ4n) is 3.58. The van der Waals surface area contributed by atoms with E-state index in [1.165, 1.54) is 4.90 Å². The molecular formula is C24H18BrNO4. The summed E-state index contributed by atoms with van der Waals surface area (Å²) in [4.78, 5) is 27.5. The van der Waals surface area contributed by atoms with E-state index in [9.17, 15) is 14.7 Å². The van der Waals surface area contributed by atoms with Crippen molar-refractivity contribution in [3.63, 3.8) is 0 Å². The number of ether oxygens (including phenoxy) is 1. The highest BCUT2D eigenvalue weighted by Gasteiger charge is 2.47. The molecule has 1 saturated heterocycles. The second kappa shape index (κ2) is 8.16. The van der Waals surface area contributed by atoms with Crippen molar-refractivity contribution in [1.82, 2.24) is 0 Å². The first-order chi connectivity index (χ1) is 14.5. The Labute approximate surface area is 182 Å². The Hall–Kier alpha value is -3.38. The third kappa shape index (κ3) is 3.50. The lowest BCUT2D eigenvalue weighted by atomic mass is 9.95. The molecule has 1 amide bonds. The van der Waals surface area contributed by atoms with Crippen LogP contribution in [0.15, 0.2) is 88.9 Å². The van der Waals surface area contributed by atoms with Crippen LogP contribution in [-0.2, 0) is 9.59 Å². The van der Waals surface area contributed by atoms with Gasteiger partial charge in [0.1, 0.15) is 11.5 Å². The fraction of sp³-hybridized carbons (Fsp3) is 0.0833. The number of halogens is 1. The predicted octanol–water partition coefficient (Wildman–Crippen LogP) is 5.08. The molecule has 1 unspecified atom stereocenters. The Bertz CT molecular complexity index is 1140. The first-order valence-electron chi connectivity index (χ1n) is 9.27. The molecule has 1 fully saturated rings. The van der Waals surface area contributed by atoms with Crippen LogP contribution in [0.5, 0.6) is 5.75 Å². The lowest BCUT2D eigenvalue weighted by Crippen LogP contribution is -2.29. The number of rotatable bonds is 4. The Balaban J connectivity index is 1.94. The van der Waals surface area contributed by atoms with Crippen LogP contribution in [0, 0.1) is 0 Å². The number of aliphatic hydroxyl groups excluding tert-OH is 1. The predicted molar refractivity (Wildman–Crippen MR) is 118 cm³/mol. The zero-order valence-electron chi connectivity index (χ0n) is 16.1. The first kappa shape index (κ1) is 19.9. The minimum atomic E-state index is -0.773. The summed E-state index contributed by atoms with van der Waals surface area (Å²) in [6.07, 6.45) is 0. The fourth-order valence-corrected chi connectivity index (χ4v) is 3.97. The van der Waals surface area contributed by atoms with Gasteiger partial charge in [-0.15, -0.1) is 0 Å². The number of hydrogen-bond acceptors (Lipinski definition) is 4. The van der Waals surface area contributed by atoms with E-state index in [-0.39, 0.29) is 11.3 Å². The Morgan fingerprint density at radius 3 is 2.30 bits per heavy atom. The second-order valence-corrected chi connectivity index (χ2v) is 7.70. The summed E-state index contributed by atoms with van der Waals surface area (Å²) in [7, 11) is 1.57. The molecular weight excluding hydrogens is 446 g/mol. The highest BCUT2D eigenvalue weighted by Crippen LogP contribution is 2.42. The van der Waals surface area contributed by atoms with Crippen molar-refractivity contribution >= 4 is 39.1 Å². The van der Waals surface area contributed by atoms with Crippen LogP contribution < -0.4 is 9.64 Å². The number of anilines is 1. The second-order valence-electron chi connectivity index (χ2n) is 6.79. The van der Waals surface area contributed by atoms with Crippen molar-refractivity contribution in [2.24, 2.45) is 0 Å². The Kier molecular flexibility index (Phi) is 5.42. The topological polar surface area (TPSA) is 66.8 Å². The summed E-state index contributed by atoms with van der Waals surface area (Å²) in [5, 5.41) is 11.0. The highest BCUT2D eigenvalue weighted by atomic mass is 79.9. The molecule has 1 atom stereocenters. The van der Waals surface area contributed by atoms with Crippen LogP contribution in [0.25, 0.3) is 5.76 Å². The van der Waals surface area contributed by atoms with Crippen LogP contribution in [0.3, 0.4) is 0 Å². The first-order valence-corrected chi connectivity index (χ1v) is 10.1. The summed E-state index contributed by atoms with van der Waals surface area (Å²) >= 11 is 3.42. The van der Waals surface area contributed by atoms with Crippen LogP contribution in [-0.4, -0.2) is 23.9 Å². The maximum Gasteiger partial charge on any atom is 0.300 e.